The van der Waals surface area contributed by atoms with E-state index in [1.165, 1.54) is 4.90 Å². The normalized spacial score (nSPS) is 25.5. The van der Waals surface area contributed by atoms with Crippen LogP contribution in [-0.4, -0.2) is 46.8 Å². The van der Waals surface area contributed by atoms with Gasteiger partial charge in [-0.3, -0.25) is 4.79 Å². The SMILES string of the molecule is CC(C)(C)OC(=O)N1CC[C@@H](N)[C@H](C(=O)O)C1. The lowest BCUT2D eigenvalue weighted by Gasteiger charge is -2.35. The number of amides is 1. The number of hydrogen-bond donors (Lipinski definition) is 2. The van der Waals surface area contributed by atoms with E-state index in [4.69, 9.17) is 15.6 Å². The van der Waals surface area contributed by atoms with E-state index >= 15 is 0 Å². The summed E-state index contributed by atoms with van der Waals surface area (Å²) in [6.07, 6.45) is 0.00610. The number of carboxylic acid groups (broad SMARTS) is 1. The van der Waals surface area contributed by atoms with Gasteiger partial charge in [-0.1, -0.05) is 0 Å². The molecule has 0 saturated carbocycles. The zero-order chi connectivity index (χ0) is 13.2. The van der Waals surface area contributed by atoms with Crippen LogP contribution in [0.3, 0.4) is 0 Å². The predicted octanol–water partition coefficient (Wildman–Crippen LogP) is 0.655. The molecule has 6 heteroatoms. The van der Waals surface area contributed by atoms with Crippen molar-refractivity contribution in [3.8, 4) is 0 Å². The summed E-state index contributed by atoms with van der Waals surface area (Å²) in [6.45, 7) is 5.88. The number of aliphatic carboxylic acids is 1. The molecule has 0 aromatic carbocycles. The highest BCUT2D eigenvalue weighted by molar-refractivity contribution is 5.74. The average molecular weight is 244 g/mol. The Morgan fingerprint density at radius 3 is 2.47 bits per heavy atom. The van der Waals surface area contributed by atoms with Crippen molar-refractivity contribution in [1.29, 1.82) is 0 Å². The van der Waals surface area contributed by atoms with E-state index < -0.39 is 29.6 Å². The van der Waals surface area contributed by atoms with Crippen LogP contribution in [0.5, 0.6) is 0 Å². The van der Waals surface area contributed by atoms with Gasteiger partial charge in [-0.2, -0.15) is 0 Å². The molecule has 1 aliphatic heterocycles. The molecule has 3 N–H and O–H groups in total. The number of nitrogens with zero attached hydrogens (tertiary/aromatic N) is 1. The van der Waals surface area contributed by atoms with E-state index in [1.807, 2.05) is 0 Å². The number of carbonyl (C=O) groups excluding carboxylic acids is 1. The lowest BCUT2D eigenvalue weighted by molar-refractivity contribution is -0.144. The lowest BCUT2D eigenvalue weighted by atomic mass is 9.93. The standard InChI is InChI=1S/C11H20N2O4/c1-11(2,3)17-10(16)13-5-4-8(12)7(6-13)9(14)15/h7-8H,4-6,12H2,1-3H3,(H,14,15)/t7-,8-/m1/s1. The average Bonchev–Trinajstić information content (AvgIpc) is 2.14. The van der Waals surface area contributed by atoms with Gasteiger partial charge < -0.3 is 20.5 Å². The molecule has 0 spiro atoms. The van der Waals surface area contributed by atoms with Crippen molar-refractivity contribution in [1.82, 2.24) is 4.90 Å². The largest absolute Gasteiger partial charge is 0.481 e. The van der Waals surface area contributed by atoms with Crippen LogP contribution >= 0.6 is 0 Å². The number of piperidine rings is 1. The Hall–Kier alpha value is -1.30. The molecule has 2 atom stereocenters. The van der Waals surface area contributed by atoms with Gasteiger partial charge in [0.05, 0.1) is 5.92 Å². The second-order valence-electron chi connectivity index (χ2n) is 5.32. The van der Waals surface area contributed by atoms with E-state index in [0.717, 1.165) is 0 Å². The molecule has 6 nitrogen and oxygen atoms in total. The molecular weight excluding hydrogens is 224 g/mol. The molecule has 0 aromatic heterocycles. The van der Waals surface area contributed by atoms with Gasteiger partial charge >= 0.3 is 12.1 Å². The highest BCUT2D eigenvalue weighted by Crippen LogP contribution is 2.18. The van der Waals surface area contributed by atoms with Gasteiger partial charge in [0.2, 0.25) is 0 Å². The van der Waals surface area contributed by atoms with Crippen LogP contribution in [0.25, 0.3) is 0 Å². The van der Waals surface area contributed by atoms with Crippen LogP contribution in [0.2, 0.25) is 0 Å². The van der Waals surface area contributed by atoms with E-state index in [1.54, 1.807) is 20.8 Å². The molecule has 1 saturated heterocycles. The summed E-state index contributed by atoms with van der Waals surface area (Å²) in [6, 6.07) is -0.397. The second kappa shape index (κ2) is 4.91. The van der Waals surface area contributed by atoms with Crippen molar-refractivity contribution in [2.24, 2.45) is 11.7 Å². The zero-order valence-corrected chi connectivity index (χ0v) is 10.5. The Labute approximate surface area is 101 Å². The number of hydrogen-bond acceptors (Lipinski definition) is 4. The monoisotopic (exact) mass is 244 g/mol. The first-order chi connectivity index (χ1) is 7.70. The predicted molar refractivity (Wildman–Crippen MR) is 61.5 cm³/mol. The van der Waals surface area contributed by atoms with Gasteiger partial charge in [0, 0.05) is 19.1 Å². The van der Waals surface area contributed by atoms with E-state index in [9.17, 15) is 9.59 Å². The molecule has 0 bridgehead atoms. The quantitative estimate of drug-likeness (QED) is 0.706. The summed E-state index contributed by atoms with van der Waals surface area (Å²) in [5.41, 5.74) is 5.14. The third-order valence-electron chi connectivity index (χ3n) is 2.64. The third kappa shape index (κ3) is 3.89. The van der Waals surface area contributed by atoms with Crippen LogP contribution in [0.4, 0.5) is 4.79 Å². The number of ether oxygens (including phenoxy) is 1. The Morgan fingerprint density at radius 1 is 1.41 bits per heavy atom. The summed E-state index contributed by atoms with van der Waals surface area (Å²) in [7, 11) is 0. The van der Waals surface area contributed by atoms with Crippen LogP contribution < -0.4 is 5.73 Å². The summed E-state index contributed by atoms with van der Waals surface area (Å²) >= 11 is 0. The highest BCUT2D eigenvalue weighted by Gasteiger charge is 2.35. The fourth-order valence-electron chi connectivity index (χ4n) is 1.72. The number of carboxylic acids is 1. The van der Waals surface area contributed by atoms with Gasteiger partial charge in [-0.15, -0.1) is 0 Å². The minimum absolute atomic E-state index is 0.116. The van der Waals surface area contributed by atoms with Crippen molar-refractivity contribution < 1.29 is 19.4 Å². The Morgan fingerprint density at radius 2 is 2.00 bits per heavy atom. The van der Waals surface area contributed by atoms with E-state index in [2.05, 4.69) is 0 Å². The van der Waals surface area contributed by atoms with Crippen LogP contribution in [0.1, 0.15) is 27.2 Å². The van der Waals surface area contributed by atoms with E-state index in [0.29, 0.717) is 13.0 Å². The maximum absolute atomic E-state index is 11.8. The minimum atomic E-state index is -0.967. The molecule has 0 aliphatic carbocycles. The van der Waals surface area contributed by atoms with Crippen LogP contribution in [-0.2, 0) is 9.53 Å². The number of carbonyl (C=O) groups is 2. The molecule has 1 heterocycles. The van der Waals surface area contributed by atoms with Crippen LogP contribution in [0, 0.1) is 5.92 Å². The van der Waals surface area contributed by atoms with Crippen molar-refractivity contribution in [2.75, 3.05) is 13.1 Å². The first-order valence-electron chi connectivity index (χ1n) is 5.67. The highest BCUT2D eigenvalue weighted by atomic mass is 16.6. The van der Waals surface area contributed by atoms with Gasteiger partial charge in [0.1, 0.15) is 5.60 Å². The van der Waals surface area contributed by atoms with Crippen molar-refractivity contribution in [3.63, 3.8) is 0 Å². The fraction of sp³-hybridized carbons (Fsp3) is 0.818. The Bertz CT molecular complexity index is 311. The van der Waals surface area contributed by atoms with E-state index in [-0.39, 0.29) is 6.54 Å². The van der Waals surface area contributed by atoms with Crippen molar-refractivity contribution in [3.05, 3.63) is 0 Å². The minimum Gasteiger partial charge on any atom is -0.481 e. The Kier molecular flexibility index (Phi) is 3.98. The third-order valence-corrected chi connectivity index (χ3v) is 2.64. The summed E-state index contributed by atoms with van der Waals surface area (Å²) < 4.78 is 5.19. The lowest BCUT2D eigenvalue weighted by Crippen LogP contribution is -2.52. The molecular formula is C11H20N2O4. The fourth-order valence-corrected chi connectivity index (χ4v) is 1.72. The number of likely N-dealkylation sites (tertiary alicyclic amines) is 1. The molecule has 0 unspecified atom stereocenters. The van der Waals surface area contributed by atoms with Gasteiger partial charge in [-0.25, -0.2) is 4.79 Å². The molecule has 0 radical (unpaired) electrons. The molecule has 17 heavy (non-hydrogen) atoms. The maximum Gasteiger partial charge on any atom is 0.410 e. The summed E-state index contributed by atoms with van der Waals surface area (Å²) in [4.78, 5) is 24.1. The van der Waals surface area contributed by atoms with Crippen molar-refractivity contribution >= 4 is 12.1 Å². The molecule has 98 valence electrons. The van der Waals surface area contributed by atoms with Gasteiger partial charge in [0.15, 0.2) is 0 Å². The first kappa shape index (κ1) is 13.8. The smallest absolute Gasteiger partial charge is 0.410 e. The molecule has 1 amide bonds. The van der Waals surface area contributed by atoms with Gasteiger partial charge in [-0.05, 0) is 27.2 Å². The number of rotatable bonds is 1. The molecule has 0 aromatic rings. The van der Waals surface area contributed by atoms with Gasteiger partial charge in [0.25, 0.3) is 0 Å². The zero-order valence-electron chi connectivity index (χ0n) is 10.5. The molecule has 1 aliphatic rings. The second-order valence-corrected chi connectivity index (χ2v) is 5.32. The Balaban J connectivity index is 2.62. The maximum atomic E-state index is 11.8. The molecule has 1 fully saturated rings. The van der Waals surface area contributed by atoms with Crippen molar-refractivity contribution in [2.45, 2.75) is 38.8 Å². The summed E-state index contributed by atoms with van der Waals surface area (Å²) in [5, 5.41) is 8.98. The number of nitrogens with two attached hydrogens (primary N) is 1. The summed E-state index contributed by atoms with van der Waals surface area (Å²) in [5.74, 6) is -1.68. The topological polar surface area (TPSA) is 92.9 Å². The first-order valence-corrected chi connectivity index (χ1v) is 5.67. The van der Waals surface area contributed by atoms with Crippen LogP contribution in [0.15, 0.2) is 0 Å². The molecule has 1 rings (SSSR count).